The summed E-state index contributed by atoms with van der Waals surface area (Å²) in [6, 6.07) is 12.7. The van der Waals surface area contributed by atoms with E-state index in [2.05, 4.69) is 41.0 Å². The molecule has 4 heteroatoms. The van der Waals surface area contributed by atoms with E-state index in [1.54, 1.807) is 0 Å². The largest absolute Gasteiger partial charge is 0.380 e. The fraction of sp³-hybridized carbons (Fsp3) is 0.458. The number of benzene rings is 2. The number of carbonyl (C=O) groups is 1. The molecule has 0 saturated heterocycles. The summed E-state index contributed by atoms with van der Waals surface area (Å²) < 4.78 is 0. The molecule has 0 saturated carbocycles. The van der Waals surface area contributed by atoms with Gasteiger partial charge in [0.2, 0.25) is 0 Å². The van der Waals surface area contributed by atoms with Crippen molar-refractivity contribution in [1.82, 2.24) is 5.32 Å². The van der Waals surface area contributed by atoms with E-state index in [9.17, 15) is 4.79 Å². The molecule has 0 radical (unpaired) electrons. The highest BCUT2D eigenvalue weighted by molar-refractivity contribution is 6.33. The van der Waals surface area contributed by atoms with Crippen LogP contribution in [0.4, 0.5) is 5.69 Å². The van der Waals surface area contributed by atoms with Crippen molar-refractivity contribution in [2.45, 2.75) is 53.0 Å². The summed E-state index contributed by atoms with van der Waals surface area (Å²) >= 11 is 6.50. The summed E-state index contributed by atoms with van der Waals surface area (Å²) in [5.74, 6) is 0.312. The first-order chi connectivity index (χ1) is 13.3. The van der Waals surface area contributed by atoms with Crippen molar-refractivity contribution in [1.29, 1.82) is 0 Å². The summed E-state index contributed by atoms with van der Waals surface area (Å²) in [4.78, 5) is 12.1. The Labute approximate surface area is 173 Å². The number of nitrogens with one attached hydrogen (secondary N) is 2. The molecule has 2 aromatic carbocycles. The van der Waals surface area contributed by atoms with Crippen LogP contribution in [0.1, 0.15) is 49.4 Å². The van der Waals surface area contributed by atoms with Crippen LogP contribution in [0.2, 0.25) is 5.02 Å². The number of hydrogen-bond donors (Lipinski definition) is 2. The zero-order valence-electron chi connectivity index (χ0n) is 17.2. The van der Waals surface area contributed by atoms with Crippen molar-refractivity contribution < 1.29 is 4.79 Å². The molecule has 1 aliphatic rings. The van der Waals surface area contributed by atoms with Gasteiger partial charge in [-0.2, -0.15) is 0 Å². The topological polar surface area (TPSA) is 41.1 Å². The lowest BCUT2D eigenvalue weighted by Gasteiger charge is -2.17. The summed E-state index contributed by atoms with van der Waals surface area (Å²) in [6.07, 6.45) is 3.44. The average molecular weight is 399 g/mol. The first-order valence-electron chi connectivity index (χ1n) is 10.2. The molecule has 28 heavy (non-hydrogen) atoms. The molecule has 0 unspecified atom stereocenters. The van der Waals surface area contributed by atoms with Crippen LogP contribution in [0.25, 0.3) is 0 Å². The van der Waals surface area contributed by atoms with E-state index >= 15 is 0 Å². The summed E-state index contributed by atoms with van der Waals surface area (Å²) in [6.45, 7) is 8.70. The number of fused-ring (bicyclic) bond motifs is 1. The molecule has 0 atom stereocenters. The van der Waals surface area contributed by atoms with Crippen molar-refractivity contribution in [3.63, 3.8) is 0 Å². The molecule has 2 aromatic rings. The number of hydrogen-bond acceptors (Lipinski definition) is 3. The monoisotopic (exact) mass is 398 g/mol. The molecule has 3 rings (SSSR count). The Morgan fingerprint density at radius 2 is 1.71 bits per heavy atom. The number of carbonyl (C=O) groups excluding carboxylic acids is 1. The lowest BCUT2D eigenvalue weighted by Crippen LogP contribution is -2.20. The molecule has 0 bridgehead atoms. The van der Waals surface area contributed by atoms with E-state index in [0.29, 0.717) is 12.2 Å². The number of Topliss-reactive ketones (excluding diaryl/α,β-unsaturated/α-hetero) is 1. The molecule has 0 spiro atoms. The van der Waals surface area contributed by atoms with Crippen LogP contribution in [0.5, 0.6) is 0 Å². The molecule has 0 fully saturated rings. The van der Waals surface area contributed by atoms with Crippen LogP contribution in [-0.4, -0.2) is 18.9 Å². The summed E-state index contributed by atoms with van der Waals surface area (Å²) in [7, 11) is 0. The van der Waals surface area contributed by atoms with Crippen LogP contribution in [0.3, 0.4) is 0 Å². The zero-order chi connectivity index (χ0) is 20.1. The van der Waals surface area contributed by atoms with Gasteiger partial charge in [0, 0.05) is 18.4 Å². The molecule has 3 nitrogen and oxygen atoms in total. The van der Waals surface area contributed by atoms with Crippen molar-refractivity contribution in [3.05, 3.63) is 63.7 Å². The van der Waals surface area contributed by atoms with Crippen molar-refractivity contribution in [2.75, 3.05) is 18.4 Å². The molecule has 1 aliphatic heterocycles. The van der Waals surface area contributed by atoms with Gasteiger partial charge in [0.25, 0.3) is 0 Å². The predicted octanol–water partition coefficient (Wildman–Crippen LogP) is 5.19. The lowest BCUT2D eigenvalue weighted by atomic mass is 9.87. The molecule has 1 heterocycles. The number of ketones is 1. The van der Waals surface area contributed by atoms with Gasteiger partial charge < -0.3 is 10.6 Å². The van der Waals surface area contributed by atoms with E-state index < -0.39 is 0 Å². The minimum absolute atomic E-state index is 0.258. The van der Waals surface area contributed by atoms with E-state index in [4.69, 9.17) is 11.6 Å². The molecule has 0 aliphatic carbocycles. The first kappa shape index (κ1) is 20.9. The van der Waals surface area contributed by atoms with Gasteiger partial charge in [-0.05, 0) is 60.7 Å². The number of aryl methyl sites for hydroxylation is 1. The van der Waals surface area contributed by atoms with Gasteiger partial charge in [-0.3, -0.25) is 4.79 Å². The molecular formula is C24H31ClN2O. The van der Waals surface area contributed by atoms with Gasteiger partial charge in [0.15, 0.2) is 0 Å². The Bertz CT molecular complexity index is 822. The van der Waals surface area contributed by atoms with Crippen LogP contribution in [0.15, 0.2) is 36.4 Å². The Morgan fingerprint density at radius 3 is 2.43 bits per heavy atom. The van der Waals surface area contributed by atoms with E-state index in [1.807, 2.05) is 26.8 Å². The smallest absolute Gasteiger partial charge is 0.138 e. The van der Waals surface area contributed by atoms with E-state index in [-0.39, 0.29) is 5.41 Å². The standard InChI is InChI=1S/C24H31ClN2O/c1-24(2,3)22(28)11-8-17-4-6-18(7-5-17)16-27-23-20-13-15-26-14-12-19(20)9-10-21(23)25/h4-7,9-10,26-27H,8,11-16H2,1-3H3. The van der Waals surface area contributed by atoms with Crippen LogP contribution >= 0.6 is 11.6 Å². The molecular weight excluding hydrogens is 368 g/mol. The lowest BCUT2D eigenvalue weighted by molar-refractivity contribution is -0.126. The highest BCUT2D eigenvalue weighted by atomic mass is 35.5. The minimum Gasteiger partial charge on any atom is -0.380 e. The third-order valence-corrected chi connectivity index (χ3v) is 5.77. The van der Waals surface area contributed by atoms with Crippen LogP contribution < -0.4 is 10.6 Å². The second-order valence-corrected chi connectivity index (χ2v) is 9.06. The third kappa shape index (κ3) is 5.36. The Morgan fingerprint density at radius 1 is 1.04 bits per heavy atom. The van der Waals surface area contributed by atoms with E-state index in [0.717, 1.165) is 49.6 Å². The number of halogens is 1. The normalized spacial score (nSPS) is 14.3. The number of anilines is 1. The van der Waals surface area contributed by atoms with Gasteiger partial charge in [-0.1, -0.05) is 62.7 Å². The fourth-order valence-corrected chi connectivity index (χ4v) is 3.83. The van der Waals surface area contributed by atoms with Gasteiger partial charge in [0.1, 0.15) is 5.78 Å². The predicted molar refractivity (Wildman–Crippen MR) is 118 cm³/mol. The first-order valence-corrected chi connectivity index (χ1v) is 10.6. The van der Waals surface area contributed by atoms with Crippen LogP contribution in [0, 0.1) is 5.41 Å². The second-order valence-electron chi connectivity index (χ2n) is 8.65. The minimum atomic E-state index is -0.258. The SMILES string of the molecule is CC(C)(C)C(=O)CCc1ccc(CNc2c(Cl)ccc3c2CCNCC3)cc1. The van der Waals surface area contributed by atoms with Crippen LogP contribution in [-0.2, 0) is 30.6 Å². The molecule has 150 valence electrons. The number of rotatable bonds is 6. The quantitative estimate of drug-likeness (QED) is 0.703. The highest BCUT2D eigenvalue weighted by Gasteiger charge is 2.20. The Hall–Kier alpha value is -1.84. The van der Waals surface area contributed by atoms with Gasteiger partial charge in [-0.25, -0.2) is 0 Å². The van der Waals surface area contributed by atoms with Gasteiger partial charge in [-0.15, -0.1) is 0 Å². The molecule has 0 aromatic heterocycles. The van der Waals surface area contributed by atoms with Gasteiger partial charge >= 0.3 is 0 Å². The molecule has 0 amide bonds. The van der Waals surface area contributed by atoms with Crippen molar-refractivity contribution in [3.8, 4) is 0 Å². The van der Waals surface area contributed by atoms with Gasteiger partial charge in [0.05, 0.1) is 10.7 Å². The highest BCUT2D eigenvalue weighted by Crippen LogP contribution is 2.31. The third-order valence-electron chi connectivity index (χ3n) is 5.45. The summed E-state index contributed by atoms with van der Waals surface area (Å²) in [5, 5.41) is 7.81. The van der Waals surface area contributed by atoms with Crippen molar-refractivity contribution >= 4 is 23.1 Å². The van der Waals surface area contributed by atoms with E-state index in [1.165, 1.54) is 22.3 Å². The maximum Gasteiger partial charge on any atom is 0.138 e. The average Bonchev–Trinajstić information content (AvgIpc) is 2.91. The second kappa shape index (κ2) is 9.11. The summed E-state index contributed by atoms with van der Waals surface area (Å²) in [5.41, 5.74) is 5.96. The Balaban J connectivity index is 1.62. The zero-order valence-corrected chi connectivity index (χ0v) is 18.0. The Kier molecular flexibility index (Phi) is 6.79. The maximum atomic E-state index is 12.1. The molecule has 2 N–H and O–H groups in total. The fourth-order valence-electron chi connectivity index (χ4n) is 3.58. The maximum absolute atomic E-state index is 12.1. The van der Waals surface area contributed by atoms with Crippen molar-refractivity contribution in [2.24, 2.45) is 5.41 Å².